The standard InChI is InChI=1S/C26H25BrN2O4S/c1-33-25(32)19-9-12-21-22(15-19)28-26(34-16-23(30)18-7-10-20(27)11-8-18)29(24(21)31)14-13-17-5-3-2-4-6-17/h5,7-12,15H,2-4,6,13-14,16H2,1H3. The summed E-state index contributed by atoms with van der Waals surface area (Å²) >= 11 is 4.62. The highest BCUT2D eigenvalue weighted by Crippen LogP contribution is 2.24. The summed E-state index contributed by atoms with van der Waals surface area (Å²) in [6, 6.07) is 12.0. The van der Waals surface area contributed by atoms with E-state index in [1.807, 2.05) is 12.1 Å². The lowest BCUT2D eigenvalue weighted by atomic mass is 9.97. The summed E-state index contributed by atoms with van der Waals surface area (Å²) in [7, 11) is 1.31. The molecule has 2 aromatic carbocycles. The summed E-state index contributed by atoms with van der Waals surface area (Å²) in [5.41, 5.74) is 2.54. The van der Waals surface area contributed by atoms with Crippen molar-refractivity contribution >= 4 is 50.3 Å². The van der Waals surface area contributed by atoms with Crippen LogP contribution in [0, 0.1) is 0 Å². The maximum atomic E-state index is 13.4. The van der Waals surface area contributed by atoms with Gasteiger partial charge in [-0.3, -0.25) is 14.2 Å². The zero-order valence-electron chi connectivity index (χ0n) is 18.9. The van der Waals surface area contributed by atoms with Gasteiger partial charge in [-0.1, -0.05) is 51.5 Å². The van der Waals surface area contributed by atoms with Crippen LogP contribution in [0.25, 0.3) is 10.9 Å². The number of carbonyl (C=O) groups excluding carboxylic acids is 2. The number of thioether (sulfide) groups is 1. The van der Waals surface area contributed by atoms with Crippen LogP contribution in [0.5, 0.6) is 0 Å². The molecule has 0 spiro atoms. The number of Topliss-reactive ketones (excluding diaryl/α,β-unsaturated/α-hetero) is 1. The average molecular weight is 541 g/mol. The molecule has 6 nitrogen and oxygen atoms in total. The molecule has 176 valence electrons. The van der Waals surface area contributed by atoms with E-state index in [9.17, 15) is 14.4 Å². The summed E-state index contributed by atoms with van der Waals surface area (Å²) < 4.78 is 7.37. The maximum Gasteiger partial charge on any atom is 0.337 e. The van der Waals surface area contributed by atoms with Gasteiger partial charge in [0.2, 0.25) is 0 Å². The maximum absolute atomic E-state index is 13.4. The van der Waals surface area contributed by atoms with Crippen molar-refractivity contribution in [3.8, 4) is 0 Å². The number of halogens is 1. The first-order chi connectivity index (χ1) is 16.5. The Kier molecular flexibility index (Phi) is 8.00. The second kappa shape index (κ2) is 11.1. The van der Waals surface area contributed by atoms with Gasteiger partial charge in [-0.2, -0.15) is 0 Å². The fourth-order valence-corrected chi connectivity index (χ4v) is 5.17. The number of nitrogens with zero attached hydrogens (tertiary/aromatic N) is 2. The van der Waals surface area contributed by atoms with E-state index in [4.69, 9.17) is 9.72 Å². The number of methoxy groups -OCH3 is 1. The van der Waals surface area contributed by atoms with E-state index in [0.717, 1.165) is 23.7 Å². The van der Waals surface area contributed by atoms with E-state index in [1.54, 1.807) is 34.9 Å². The molecular weight excluding hydrogens is 516 g/mol. The van der Waals surface area contributed by atoms with Crippen molar-refractivity contribution in [1.29, 1.82) is 0 Å². The summed E-state index contributed by atoms with van der Waals surface area (Å²) in [5.74, 6) is -0.382. The lowest BCUT2D eigenvalue weighted by Gasteiger charge is -2.16. The van der Waals surface area contributed by atoms with Gasteiger partial charge in [0.15, 0.2) is 10.9 Å². The van der Waals surface area contributed by atoms with E-state index >= 15 is 0 Å². The first kappa shape index (κ1) is 24.4. The summed E-state index contributed by atoms with van der Waals surface area (Å²) in [6.45, 7) is 0.501. The van der Waals surface area contributed by atoms with Crippen molar-refractivity contribution in [2.24, 2.45) is 0 Å². The molecular formula is C26H25BrN2O4S. The average Bonchev–Trinajstić information content (AvgIpc) is 2.87. The molecule has 1 aliphatic carbocycles. The normalized spacial score (nSPS) is 13.5. The molecule has 1 aliphatic rings. The van der Waals surface area contributed by atoms with Crippen molar-refractivity contribution in [1.82, 2.24) is 9.55 Å². The molecule has 0 radical (unpaired) electrons. The number of aromatic nitrogens is 2. The Morgan fingerprint density at radius 1 is 1.12 bits per heavy atom. The van der Waals surface area contributed by atoms with Crippen LogP contribution < -0.4 is 5.56 Å². The predicted molar refractivity (Wildman–Crippen MR) is 138 cm³/mol. The molecule has 3 aromatic rings. The third kappa shape index (κ3) is 5.67. The molecule has 0 saturated heterocycles. The Balaban J connectivity index is 1.66. The molecule has 1 heterocycles. The van der Waals surface area contributed by atoms with Gasteiger partial charge in [0.05, 0.1) is 29.3 Å². The van der Waals surface area contributed by atoms with E-state index in [-0.39, 0.29) is 17.1 Å². The van der Waals surface area contributed by atoms with Crippen LogP contribution in [0.3, 0.4) is 0 Å². The Labute approximate surface area is 210 Å². The molecule has 0 bridgehead atoms. The molecule has 34 heavy (non-hydrogen) atoms. The number of allylic oxidation sites excluding steroid dienone is 2. The third-order valence-electron chi connectivity index (χ3n) is 5.88. The van der Waals surface area contributed by atoms with Gasteiger partial charge in [-0.25, -0.2) is 9.78 Å². The molecule has 0 unspecified atom stereocenters. The van der Waals surface area contributed by atoms with Gasteiger partial charge in [0.25, 0.3) is 5.56 Å². The van der Waals surface area contributed by atoms with E-state index in [1.165, 1.54) is 37.3 Å². The number of ketones is 1. The highest BCUT2D eigenvalue weighted by atomic mass is 79.9. The molecule has 0 fully saturated rings. The van der Waals surface area contributed by atoms with E-state index < -0.39 is 5.97 Å². The molecule has 1 aromatic heterocycles. The lowest BCUT2D eigenvalue weighted by molar-refractivity contribution is 0.0600. The Hall–Kier alpha value is -2.71. The van der Waals surface area contributed by atoms with Gasteiger partial charge in [-0.15, -0.1) is 0 Å². The zero-order chi connectivity index (χ0) is 24.1. The van der Waals surface area contributed by atoms with Crippen LogP contribution in [0.15, 0.2) is 68.5 Å². The second-order valence-corrected chi connectivity index (χ2v) is 10.0. The SMILES string of the molecule is COC(=O)c1ccc2c(=O)n(CCC3=CCCCC3)c(SCC(=O)c3ccc(Br)cc3)nc2c1. The molecule has 8 heteroatoms. The minimum atomic E-state index is -0.489. The first-order valence-electron chi connectivity index (χ1n) is 11.2. The zero-order valence-corrected chi connectivity index (χ0v) is 21.3. The number of ether oxygens (including phenoxy) is 1. The van der Waals surface area contributed by atoms with Crippen molar-refractivity contribution in [2.45, 2.75) is 43.8 Å². The van der Waals surface area contributed by atoms with E-state index in [0.29, 0.717) is 33.7 Å². The Morgan fingerprint density at radius 2 is 1.88 bits per heavy atom. The number of hydrogen-bond acceptors (Lipinski definition) is 6. The van der Waals surface area contributed by atoms with Crippen molar-refractivity contribution in [3.05, 3.63) is 80.1 Å². The largest absolute Gasteiger partial charge is 0.465 e. The topological polar surface area (TPSA) is 78.3 Å². The highest BCUT2D eigenvalue weighted by molar-refractivity contribution is 9.10. The van der Waals surface area contributed by atoms with Gasteiger partial charge >= 0.3 is 5.97 Å². The molecule has 0 saturated carbocycles. The Morgan fingerprint density at radius 3 is 2.59 bits per heavy atom. The summed E-state index contributed by atoms with van der Waals surface area (Å²) in [4.78, 5) is 42.8. The molecule has 0 N–H and O–H groups in total. The van der Waals surface area contributed by atoms with Crippen molar-refractivity contribution in [3.63, 3.8) is 0 Å². The highest BCUT2D eigenvalue weighted by Gasteiger charge is 2.17. The molecule has 0 atom stereocenters. The number of carbonyl (C=O) groups is 2. The van der Waals surface area contributed by atoms with Crippen LogP contribution in [0.1, 0.15) is 52.8 Å². The minimum absolute atomic E-state index is 0.0447. The van der Waals surface area contributed by atoms with Gasteiger partial charge in [0, 0.05) is 16.6 Å². The van der Waals surface area contributed by atoms with Crippen molar-refractivity contribution < 1.29 is 14.3 Å². The number of hydrogen-bond donors (Lipinski definition) is 0. The van der Waals surface area contributed by atoms with Crippen molar-refractivity contribution in [2.75, 3.05) is 12.9 Å². The van der Waals surface area contributed by atoms with Crippen LogP contribution in [-0.2, 0) is 11.3 Å². The molecule has 4 rings (SSSR count). The quantitative estimate of drug-likeness (QED) is 0.118. The smallest absolute Gasteiger partial charge is 0.337 e. The lowest BCUT2D eigenvalue weighted by Crippen LogP contribution is -2.24. The fourth-order valence-electron chi connectivity index (χ4n) is 3.99. The van der Waals surface area contributed by atoms with Crippen LogP contribution in [0.2, 0.25) is 0 Å². The van der Waals surface area contributed by atoms with Gasteiger partial charge < -0.3 is 4.74 Å². The van der Waals surface area contributed by atoms with Crippen LogP contribution >= 0.6 is 27.7 Å². The van der Waals surface area contributed by atoms with Gasteiger partial charge in [0.1, 0.15) is 0 Å². The first-order valence-corrected chi connectivity index (χ1v) is 13.0. The summed E-state index contributed by atoms with van der Waals surface area (Å²) in [5, 5.41) is 0.912. The van der Waals surface area contributed by atoms with Crippen LogP contribution in [0.4, 0.5) is 0 Å². The fraction of sp³-hybridized carbons (Fsp3) is 0.308. The number of esters is 1. The molecule has 0 amide bonds. The Bertz CT molecular complexity index is 1310. The van der Waals surface area contributed by atoms with Crippen LogP contribution in [-0.4, -0.2) is 34.2 Å². The summed E-state index contributed by atoms with van der Waals surface area (Å²) in [6.07, 6.45) is 7.58. The number of fused-ring (bicyclic) bond motifs is 1. The second-order valence-electron chi connectivity index (χ2n) is 8.15. The minimum Gasteiger partial charge on any atom is -0.465 e. The third-order valence-corrected chi connectivity index (χ3v) is 7.39. The predicted octanol–water partition coefficient (Wildman–Crippen LogP) is 5.81. The molecule has 0 aliphatic heterocycles. The number of rotatable bonds is 8. The van der Waals surface area contributed by atoms with E-state index in [2.05, 4.69) is 22.0 Å². The monoisotopic (exact) mass is 540 g/mol. The number of benzene rings is 2. The van der Waals surface area contributed by atoms with Gasteiger partial charge in [-0.05, 0) is 62.4 Å².